The first-order valence-electron chi connectivity index (χ1n) is 4.83. The molecule has 0 fully saturated rings. The van der Waals surface area contributed by atoms with E-state index in [0.29, 0.717) is 11.3 Å². The maximum atomic E-state index is 4.43. The Morgan fingerprint density at radius 2 is 2.21 bits per heavy atom. The molecule has 0 spiro atoms. The molecule has 2 atom stereocenters. The van der Waals surface area contributed by atoms with Gasteiger partial charge >= 0.3 is 0 Å². The molecule has 1 N–H and O–H groups in total. The lowest BCUT2D eigenvalue weighted by Gasteiger charge is -2.16. The maximum absolute atomic E-state index is 4.43. The van der Waals surface area contributed by atoms with E-state index in [9.17, 15) is 0 Å². The highest BCUT2D eigenvalue weighted by Gasteiger charge is 2.13. The van der Waals surface area contributed by atoms with E-state index in [-0.39, 0.29) is 0 Å². The summed E-state index contributed by atoms with van der Waals surface area (Å²) >= 11 is 3.30. The van der Waals surface area contributed by atoms with Crippen LogP contribution in [-0.4, -0.2) is 27.7 Å². The van der Waals surface area contributed by atoms with Gasteiger partial charge in [0.05, 0.1) is 0 Å². The third kappa shape index (κ3) is 3.22. The maximum Gasteiger partial charge on any atom is 0.170 e. The van der Waals surface area contributed by atoms with Crippen molar-refractivity contribution in [2.24, 2.45) is 0 Å². The molecule has 0 saturated carbocycles. The molecule has 1 aromatic heterocycles. The minimum Gasteiger partial charge on any atom is -0.316 e. The van der Waals surface area contributed by atoms with E-state index in [1.165, 1.54) is 11.5 Å². The first-order chi connectivity index (χ1) is 6.67. The summed E-state index contributed by atoms with van der Waals surface area (Å²) in [7, 11) is 1.99. The summed E-state index contributed by atoms with van der Waals surface area (Å²) in [5.41, 5.74) is 0. The van der Waals surface area contributed by atoms with E-state index < -0.39 is 0 Å². The number of hydrogen-bond acceptors (Lipinski definition) is 5. The summed E-state index contributed by atoms with van der Waals surface area (Å²) in [6.45, 7) is 6.47. The second-order valence-corrected chi connectivity index (χ2v) is 5.61. The molecule has 2 unspecified atom stereocenters. The molecule has 0 aliphatic rings. The molecule has 14 heavy (non-hydrogen) atoms. The van der Waals surface area contributed by atoms with E-state index in [2.05, 4.69) is 35.4 Å². The number of thioether (sulfide) groups is 1. The van der Waals surface area contributed by atoms with E-state index >= 15 is 0 Å². The second-order valence-electron chi connectivity index (χ2n) is 3.23. The molecule has 1 aromatic rings. The van der Waals surface area contributed by atoms with Crippen LogP contribution in [-0.2, 0) is 6.42 Å². The minimum atomic E-state index is 0.494. The van der Waals surface area contributed by atoms with Crippen molar-refractivity contribution >= 4 is 23.3 Å². The fourth-order valence-corrected chi connectivity index (χ4v) is 2.98. The molecule has 0 radical (unpaired) electrons. The van der Waals surface area contributed by atoms with Crippen LogP contribution in [0, 0.1) is 0 Å². The summed E-state index contributed by atoms with van der Waals surface area (Å²) in [5, 5.41) is 3.77. The monoisotopic (exact) mass is 231 g/mol. The molecule has 0 aliphatic heterocycles. The van der Waals surface area contributed by atoms with Crippen molar-refractivity contribution in [3.8, 4) is 0 Å². The van der Waals surface area contributed by atoms with Gasteiger partial charge in [0.2, 0.25) is 0 Å². The Morgan fingerprint density at radius 3 is 2.71 bits per heavy atom. The van der Waals surface area contributed by atoms with E-state index in [4.69, 9.17) is 0 Å². The summed E-state index contributed by atoms with van der Waals surface area (Å²) in [4.78, 5) is 4.43. The first-order valence-corrected chi connectivity index (χ1v) is 6.49. The van der Waals surface area contributed by atoms with E-state index in [0.717, 1.165) is 16.6 Å². The topological polar surface area (TPSA) is 37.8 Å². The number of nitrogens with one attached hydrogen (secondary N) is 1. The summed E-state index contributed by atoms with van der Waals surface area (Å²) in [6, 6.07) is 0.494. The van der Waals surface area contributed by atoms with Crippen molar-refractivity contribution in [3.05, 3.63) is 5.82 Å². The zero-order valence-corrected chi connectivity index (χ0v) is 10.7. The molecule has 0 aliphatic carbocycles. The number of aryl methyl sites for hydroxylation is 1. The molecular formula is C9H17N3S2. The van der Waals surface area contributed by atoms with Gasteiger partial charge < -0.3 is 5.32 Å². The van der Waals surface area contributed by atoms with Gasteiger partial charge in [-0.2, -0.15) is 4.37 Å². The third-order valence-electron chi connectivity index (χ3n) is 2.21. The Hall–Kier alpha value is -0.130. The van der Waals surface area contributed by atoms with Crippen LogP contribution in [0.25, 0.3) is 0 Å². The summed E-state index contributed by atoms with van der Waals surface area (Å²) < 4.78 is 5.34. The van der Waals surface area contributed by atoms with Crippen molar-refractivity contribution in [1.29, 1.82) is 0 Å². The van der Waals surface area contributed by atoms with Gasteiger partial charge in [0.25, 0.3) is 0 Å². The number of hydrogen-bond donors (Lipinski definition) is 1. The highest BCUT2D eigenvalue weighted by Crippen LogP contribution is 2.26. The third-order valence-corrected chi connectivity index (χ3v) is 4.35. The number of nitrogens with zero attached hydrogens (tertiary/aromatic N) is 2. The first kappa shape index (κ1) is 11.9. The quantitative estimate of drug-likeness (QED) is 0.788. The van der Waals surface area contributed by atoms with Gasteiger partial charge in [-0.25, -0.2) is 4.98 Å². The van der Waals surface area contributed by atoms with Crippen molar-refractivity contribution in [2.45, 2.75) is 42.8 Å². The lowest BCUT2D eigenvalue weighted by atomic mass is 10.3. The predicted octanol–water partition coefficient (Wildman–Crippen LogP) is 2.19. The van der Waals surface area contributed by atoms with Crippen molar-refractivity contribution in [3.63, 3.8) is 0 Å². The smallest absolute Gasteiger partial charge is 0.170 e. The van der Waals surface area contributed by atoms with Crippen LogP contribution >= 0.6 is 23.3 Å². The van der Waals surface area contributed by atoms with E-state index in [1.807, 2.05) is 7.05 Å². The Kier molecular flexibility index (Phi) is 4.84. The summed E-state index contributed by atoms with van der Waals surface area (Å²) in [5.74, 6) is 0.960. The van der Waals surface area contributed by atoms with Gasteiger partial charge in [-0.1, -0.05) is 25.6 Å². The second kappa shape index (κ2) is 5.68. The van der Waals surface area contributed by atoms with Gasteiger partial charge in [0.1, 0.15) is 5.82 Å². The van der Waals surface area contributed by atoms with Crippen molar-refractivity contribution in [1.82, 2.24) is 14.7 Å². The molecular weight excluding hydrogens is 214 g/mol. The molecule has 1 heterocycles. The van der Waals surface area contributed by atoms with Gasteiger partial charge in [0, 0.05) is 17.7 Å². The Balaban J connectivity index is 2.51. The van der Waals surface area contributed by atoms with Gasteiger partial charge in [0.15, 0.2) is 4.34 Å². The predicted molar refractivity (Wildman–Crippen MR) is 63.1 cm³/mol. The van der Waals surface area contributed by atoms with Crippen LogP contribution in [0.2, 0.25) is 0 Å². The zero-order valence-electron chi connectivity index (χ0n) is 9.07. The molecule has 0 amide bonds. The van der Waals surface area contributed by atoms with Gasteiger partial charge in [-0.15, -0.1) is 0 Å². The molecule has 0 saturated heterocycles. The molecule has 0 aromatic carbocycles. The van der Waals surface area contributed by atoms with Crippen LogP contribution in [0.1, 0.15) is 26.6 Å². The van der Waals surface area contributed by atoms with Crippen LogP contribution < -0.4 is 5.32 Å². The van der Waals surface area contributed by atoms with Crippen LogP contribution in [0.4, 0.5) is 0 Å². The number of rotatable bonds is 5. The fourth-order valence-electron chi connectivity index (χ4n) is 0.925. The Bertz CT molecular complexity index is 275. The van der Waals surface area contributed by atoms with Gasteiger partial charge in [-0.05, 0) is 25.5 Å². The fraction of sp³-hybridized carbons (Fsp3) is 0.778. The Labute approximate surface area is 93.9 Å². The van der Waals surface area contributed by atoms with Crippen LogP contribution in [0.5, 0.6) is 0 Å². The molecule has 1 rings (SSSR count). The molecule has 0 bridgehead atoms. The lowest BCUT2D eigenvalue weighted by Crippen LogP contribution is -2.30. The molecule has 80 valence electrons. The summed E-state index contributed by atoms with van der Waals surface area (Å²) in [6.07, 6.45) is 0.924. The minimum absolute atomic E-state index is 0.494. The highest BCUT2D eigenvalue weighted by atomic mass is 32.2. The normalized spacial score (nSPS) is 15.4. The van der Waals surface area contributed by atoms with Crippen LogP contribution in [0.3, 0.4) is 0 Å². The zero-order chi connectivity index (χ0) is 10.6. The van der Waals surface area contributed by atoms with Crippen molar-refractivity contribution < 1.29 is 0 Å². The highest BCUT2D eigenvalue weighted by molar-refractivity contribution is 8.01. The van der Waals surface area contributed by atoms with Crippen LogP contribution in [0.15, 0.2) is 4.34 Å². The average molecular weight is 231 g/mol. The molecule has 5 heteroatoms. The lowest BCUT2D eigenvalue weighted by molar-refractivity contribution is 0.605. The van der Waals surface area contributed by atoms with Crippen molar-refractivity contribution in [2.75, 3.05) is 7.05 Å². The van der Waals surface area contributed by atoms with E-state index in [1.54, 1.807) is 11.8 Å². The average Bonchev–Trinajstić information content (AvgIpc) is 2.64. The SMILES string of the molecule is CCc1nsc(SC(C)C(C)NC)n1. The molecule has 3 nitrogen and oxygen atoms in total. The largest absolute Gasteiger partial charge is 0.316 e. The number of aromatic nitrogens is 2. The standard InChI is InChI=1S/C9H17N3S2/c1-5-8-11-9(14-12-8)13-7(3)6(2)10-4/h6-7,10H,5H2,1-4H3. The Morgan fingerprint density at radius 1 is 1.50 bits per heavy atom. The van der Waals surface area contributed by atoms with Gasteiger partial charge in [-0.3, -0.25) is 0 Å².